The first kappa shape index (κ1) is 30.8. The molecule has 5 N–H and O–H groups in total. The van der Waals surface area contributed by atoms with E-state index in [0.29, 0.717) is 25.4 Å². The second-order valence-electron chi connectivity index (χ2n) is 8.30. The van der Waals surface area contributed by atoms with Crippen molar-refractivity contribution in [3.8, 4) is 28.0 Å². The molecule has 0 fully saturated rings. The molecular weight excluding hydrogens is 490 g/mol. The summed E-state index contributed by atoms with van der Waals surface area (Å²) >= 11 is 0. The van der Waals surface area contributed by atoms with Gasteiger partial charge in [-0.3, -0.25) is 0 Å². The van der Waals surface area contributed by atoms with Crippen LogP contribution < -0.4 is 35.4 Å². The number of hydrogen-bond acceptors (Lipinski definition) is 3. The Morgan fingerprint density at radius 1 is 0.743 bits per heavy atom. The number of nitrogens with two attached hydrogens (primary N) is 2. The zero-order chi connectivity index (χ0) is 24.0. The average molecular weight is 525 g/mol. The van der Waals surface area contributed by atoms with E-state index in [-0.39, 0.29) is 36.4 Å². The van der Waals surface area contributed by atoms with E-state index >= 15 is 0 Å². The van der Waals surface area contributed by atoms with Gasteiger partial charge < -0.3 is 50.0 Å². The Bertz CT molecular complexity index is 1080. The van der Waals surface area contributed by atoms with Crippen LogP contribution in [-0.2, 0) is 9.47 Å². The van der Waals surface area contributed by atoms with Crippen LogP contribution in [0.3, 0.4) is 0 Å². The second-order valence-corrected chi connectivity index (χ2v) is 8.30. The molecule has 0 atom stereocenters. The van der Waals surface area contributed by atoms with Crippen LogP contribution in [0.2, 0.25) is 0 Å². The molecule has 3 rings (SSSR count). The molecule has 0 aliphatic rings. The summed E-state index contributed by atoms with van der Waals surface area (Å²) in [6, 6.07) is 13.4. The van der Waals surface area contributed by atoms with Gasteiger partial charge in [-0.15, -0.1) is 0 Å². The van der Waals surface area contributed by atoms with Crippen LogP contribution in [-0.4, -0.2) is 45.6 Å². The van der Waals surface area contributed by atoms with Gasteiger partial charge in [-0.25, -0.2) is 4.39 Å². The Balaban J connectivity index is 0.00000306. The van der Waals surface area contributed by atoms with Gasteiger partial charge in [0.1, 0.15) is 24.5 Å². The van der Waals surface area contributed by atoms with E-state index in [4.69, 9.17) is 9.47 Å². The van der Waals surface area contributed by atoms with E-state index in [1.807, 2.05) is 44.3 Å². The first-order valence-corrected chi connectivity index (χ1v) is 11.3. The Hall–Kier alpha value is -2.19. The van der Waals surface area contributed by atoms with Crippen LogP contribution in [0.15, 0.2) is 42.5 Å². The number of halogens is 3. The van der Waals surface area contributed by atoms with Gasteiger partial charge in [0.05, 0.1) is 13.2 Å². The summed E-state index contributed by atoms with van der Waals surface area (Å²) in [6.07, 6.45) is 0. The largest absolute Gasteiger partial charge is 1.00 e. The summed E-state index contributed by atoms with van der Waals surface area (Å²) in [5.41, 5.74) is 7.87. The lowest BCUT2D eigenvalue weighted by molar-refractivity contribution is -0.575. The Morgan fingerprint density at radius 2 is 1.29 bits per heavy atom. The lowest BCUT2D eigenvalue weighted by Gasteiger charge is -2.20. The summed E-state index contributed by atoms with van der Waals surface area (Å²) < 4.78 is 24.9. The number of rotatable bonds is 10. The van der Waals surface area contributed by atoms with E-state index in [0.717, 1.165) is 51.2 Å². The standard InChI is InChI=1S/C27H33FN2O3.2ClH/c1-17-18(2)26(20-6-9-22(10-7-20)29-12-14-32-4)27(31)19(3)25(17)21-8-11-24(23(28)16-21)30-13-15-33-5;;/h6-11,16,29-31H,12-15H2,1-5H3;2*1H. The number of phenolic OH excluding ortho intramolecular Hbond substituents is 1. The van der Waals surface area contributed by atoms with Gasteiger partial charge in [-0.1, -0.05) is 0 Å². The molecule has 0 radical (unpaired) electrons. The predicted octanol–water partition coefficient (Wildman–Crippen LogP) is -2.52. The zero-order valence-electron chi connectivity index (χ0n) is 20.9. The maximum atomic E-state index is 14.8. The molecule has 0 heterocycles. The van der Waals surface area contributed by atoms with Gasteiger partial charge in [-0.2, -0.15) is 0 Å². The van der Waals surface area contributed by atoms with E-state index in [1.54, 1.807) is 26.4 Å². The number of hydrogen-bond donors (Lipinski definition) is 3. The maximum absolute atomic E-state index is 14.8. The highest BCUT2D eigenvalue weighted by atomic mass is 35.5. The molecule has 192 valence electrons. The smallest absolute Gasteiger partial charge is 0.184 e. The molecule has 0 amide bonds. The van der Waals surface area contributed by atoms with Crippen molar-refractivity contribution in [1.29, 1.82) is 0 Å². The molecule has 0 spiro atoms. The van der Waals surface area contributed by atoms with Gasteiger partial charge in [0.15, 0.2) is 11.5 Å². The molecule has 0 unspecified atom stereocenters. The van der Waals surface area contributed by atoms with Crippen LogP contribution in [0, 0.1) is 26.6 Å². The number of benzene rings is 3. The molecule has 0 aromatic heterocycles. The molecule has 0 saturated carbocycles. The van der Waals surface area contributed by atoms with Crippen LogP contribution >= 0.6 is 0 Å². The van der Waals surface area contributed by atoms with Crippen molar-refractivity contribution in [3.63, 3.8) is 0 Å². The summed E-state index contributed by atoms with van der Waals surface area (Å²) in [5.74, 6) is -0.0377. The average Bonchev–Trinajstić information content (AvgIpc) is 2.81. The quantitative estimate of drug-likeness (QED) is 0.202. The van der Waals surface area contributed by atoms with Gasteiger partial charge in [0.25, 0.3) is 0 Å². The normalized spacial score (nSPS) is 10.6. The second kappa shape index (κ2) is 14.4. The van der Waals surface area contributed by atoms with Crippen molar-refractivity contribution in [2.45, 2.75) is 20.8 Å². The van der Waals surface area contributed by atoms with Crippen molar-refractivity contribution in [3.05, 3.63) is 65.0 Å². The minimum absolute atomic E-state index is 0. The van der Waals surface area contributed by atoms with Gasteiger partial charge in [0.2, 0.25) is 0 Å². The minimum atomic E-state index is -0.274. The summed E-state index contributed by atoms with van der Waals surface area (Å²) in [5, 5.41) is 15.1. The Kier molecular flexibility index (Phi) is 12.7. The van der Waals surface area contributed by atoms with Crippen LogP contribution in [0.5, 0.6) is 5.75 Å². The van der Waals surface area contributed by atoms with Crippen molar-refractivity contribution < 1.29 is 54.4 Å². The first-order valence-electron chi connectivity index (χ1n) is 11.3. The predicted molar refractivity (Wildman–Crippen MR) is 130 cm³/mol. The third-order valence-electron chi connectivity index (χ3n) is 6.16. The number of methoxy groups -OCH3 is 2. The molecule has 0 bridgehead atoms. The number of phenols is 1. The van der Waals surface area contributed by atoms with E-state index in [9.17, 15) is 9.50 Å². The molecule has 5 nitrogen and oxygen atoms in total. The molecule has 8 heteroatoms. The highest BCUT2D eigenvalue weighted by Crippen LogP contribution is 2.43. The molecule has 3 aromatic rings. The minimum Gasteiger partial charge on any atom is -1.00 e. The van der Waals surface area contributed by atoms with Crippen molar-refractivity contribution in [1.82, 2.24) is 0 Å². The van der Waals surface area contributed by atoms with Crippen LogP contribution in [0.25, 0.3) is 22.3 Å². The van der Waals surface area contributed by atoms with Gasteiger partial charge in [0, 0.05) is 25.8 Å². The van der Waals surface area contributed by atoms with Gasteiger partial charge in [-0.05, 0) is 90.6 Å². The molecule has 0 aliphatic heterocycles. The van der Waals surface area contributed by atoms with E-state index in [2.05, 4.69) is 17.4 Å². The fourth-order valence-corrected chi connectivity index (χ4v) is 4.24. The fourth-order valence-electron chi connectivity index (χ4n) is 4.24. The number of ether oxygens (including phenoxy) is 2. The fraction of sp³-hybridized carbons (Fsp3) is 0.333. The number of quaternary nitrogens is 2. The lowest BCUT2D eigenvalue weighted by Crippen LogP contribution is -3.00. The zero-order valence-corrected chi connectivity index (χ0v) is 22.4. The highest BCUT2D eigenvalue weighted by Gasteiger charge is 2.20. The third kappa shape index (κ3) is 7.17. The maximum Gasteiger partial charge on any atom is 0.184 e. The topological polar surface area (TPSA) is 71.9 Å². The number of aromatic hydroxyl groups is 1. The molecular formula is C27H35Cl2FN2O3. The molecule has 35 heavy (non-hydrogen) atoms. The van der Waals surface area contributed by atoms with E-state index in [1.165, 1.54) is 0 Å². The van der Waals surface area contributed by atoms with Crippen molar-refractivity contribution in [2.75, 3.05) is 40.5 Å². The highest BCUT2D eigenvalue weighted by molar-refractivity contribution is 5.85. The van der Waals surface area contributed by atoms with Crippen LogP contribution in [0.1, 0.15) is 16.7 Å². The molecule has 0 aliphatic carbocycles. The molecule has 3 aromatic carbocycles. The SMILES string of the molecule is COCC[NH2+]c1ccc(-c2c(C)c(C)c(-c3ccc([NH2+]CCOC)c(F)c3)c(C)c2O)cc1.[Cl-].[Cl-]. The molecule has 0 saturated heterocycles. The summed E-state index contributed by atoms with van der Waals surface area (Å²) in [6.45, 7) is 8.69. The first-order chi connectivity index (χ1) is 15.9. The van der Waals surface area contributed by atoms with Crippen LogP contribution in [0.4, 0.5) is 15.8 Å². The van der Waals surface area contributed by atoms with E-state index < -0.39 is 0 Å². The summed E-state index contributed by atoms with van der Waals surface area (Å²) in [7, 11) is 3.33. The Morgan fingerprint density at radius 3 is 1.86 bits per heavy atom. The van der Waals surface area contributed by atoms with Crippen molar-refractivity contribution >= 4 is 11.4 Å². The lowest BCUT2D eigenvalue weighted by atomic mass is 9.86. The summed E-state index contributed by atoms with van der Waals surface area (Å²) in [4.78, 5) is 0. The monoisotopic (exact) mass is 524 g/mol. The third-order valence-corrected chi connectivity index (χ3v) is 6.16. The van der Waals surface area contributed by atoms with Crippen molar-refractivity contribution in [2.24, 2.45) is 0 Å². The van der Waals surface area contributed by atoms with Gasteiger partial charge >= 0.3 is 0 Å². The Labute approximate surface area is 219 Å².